The van der Waals surface area contributed by atoms with Gasteiger partial charge in [0.25, 0.3) is 5.91 Å². The van der Waals surface area contributed by atoms with E-state index in [0.717, 1.165) is 30.8 Å². The number of rotatable bonds is 5. The van der Waals surface area contributed by atoms with Gasteiger partial charge in [-0.1, -0.05) is 23.4 Å². The number of pyridine rings is 1. The number of benzene rings is 1. The molecule has 5 rings (SSSR count). The van der Waals surface area contributed by atoms with Gasteiger partial charge in [-0.25, -0.2) is 4.68 Å². The fourth-order valence-electron chi connectivity index (χ4n) is 5.20. The van der Waals surface area contributed by atoms with E-state index in [9.17, 15) is 4.79 Å². The molecule has 1 spiro atoms. The molecule has 1 amide bonds. The maximum Gasteiger partial charge on any atom is 0.273 e. The molecule has 0 aliphatic carbocycles. The summed E-state index contributed by atoms with van der Waals surface area (Å²) >= 11 is 0. The van der Waals surface area contributed by atoms with Gasteiger partial charge in [-0.2, -0.15) is 0 Å². The normalized spacial score (nSPS) is 20.1. The van der Waals surface area contributed by atoms with Gasteiger partial charge in [0.15, 0.2) is 5.69 Å². The van der Waals surface area contributed by atoms with Gasteiger partial charge >= 0.3 is 0 Å². The quantitative estimate of drug-likeness (QED) is 0.588. The van der Waals surface area contributed by atoms with Crippen molar-refractivity contribution in [3.63, 3.8) is 0 Å². The van der Waals surface area contributed by atoms with Crippen molar-refractivity contribution in [3.8, 4) is 11.1 Å². The molecule has 8 heteroatoms. The molecule has 2 N–H and O–H groups in total. The van der Waals surface area contributed by atoms with E-state index in [2.05, 4.69) is 62.0 Å². The molecule has 1 aromatic carbocycles. The Morgan fingerprint density at radius 3 is 2.80 bits per heavy atom. The first-order valence-electron chi connectivity index (χ1n) is 12.5. The lowest BCUT2D eigenvalue weighted by Crippen LogP contribution is -2.42. The molecule has 4 heterocycles. The Hall–Kier alpha value is -3.26. The summed E-state index contributed by atoms with van der Waals surface area (Å²) in [6.45, 7) is 11.8. The Labute approximate surface area is 207 Å². The van der Waals surface area contributed by atoms with E-state index in [0.29, 0.717) is 12.2 Å². The Kier molecular flexibility index (Phi) is 6.09. The van der Waals surface area contributed by atoms with E-state index in [-0.39, 0.29) is 17.0 Å². The predicted molar refractivity (Wildman–Crippen MR) is 137 cm³/mol. The third-order valence-electron chi connectivity index (χ3n) is 7.33. The maximum atomic E-state index is 12.6. The predicted octanol–water partition coefficient (Wildman–Crippen LogP) is 3.67. The minimum atomic E-state index is -0.219. The molecule has 2 aliphatic heterocycles. The molecule has 2 aliphatic rings. The van der Waals surface area contributed by atoms with Crippen molar-refractivity contribution >= 4 is 11.6 Å². The molecule has 1 atom stereocenters. The summed E-state index contributed by atoms with van der Waals surface area (Å²) in [5.41, 5.74) is 6.17. The molecule has 35 heavy (non-hydrogen) atoms. The van der Waals surface area contributed by atoms with Crippen LogP contribution in [0.15, 0.2) is 42.9 Å². The van der Waals surface area contributed by atoms with Crippen molar-refractivity contribution in [2.24, 2.45) is 0 Å². The fourth-order valence-corrected chi connectivity index (χ4v) is 5.20. The van der Waals surface area contributed by atoms with Crippen molar-refractivity contribution in [3.05, 3.63) is 59.7 Å². The van der Waals surface area contributed by atoms with Crippen molar-refractivity contribution in [2.75, 3.05) is 24.5 Å². The number of hydrogen-bond donors (Lipinski definition) is 2. The molecule has 0 radical (unpaired) electrons. The summed E-state index contributed by atoms with van der Waals surface area (Å²) in [6, 6.07) is 8.56. The lowest BCUT2D eigenvalue weighted by atomic mass is 9.97. The van der Waals surface area contributed by atoms with Crippen LogP contribution in [0.3, 0.4) is 0 Å². The average Bonchev–Trinajstić information content (AvgIpc) is 3.60. The van der Waals surface area contributed by atoms with Gasteiger partial charge in [0.2, 0.25) is 0 Å². The summed E-state index contributed by atoms with van der Waals surface area (Å²) in [5.74, 6) is -0.219. The molecule has 2 saturated heterocycles. The molecule has 0 saturated carbocycles. The van der Waals surface area contributed by atoms with Crippen LogP contribution in [0.1, 0.15) is 61.6 Å². The highest BCUT2D eigenvalue weighted by Gasteiger charge is 2.40. The largest absolute Gasteiger partial charge is 0.368 e. The molecule has 2 fully saturated rings. The first-order valence-corrected chi connectivity index (χ1v) is 12.5. The number of aryl methyl sites for hydroxylation is 1. The zero-order valence-electron chi connectivity index (χ0n) is 21.1. The van der Waals surface area contributed by atoms with Gasteiger partial charge in [-0.05, 0) is 76.3 Å². The molecule has 0 bridgehead atoms. The molecular weight excluding hydrogens is 438 g/mol. The Morgan fingerprint density at radius 2 is 2.09 bits per heavy atom. The summed E-state index contributed by atoms with van der Waals surface area (Å²) in [4.78, 5) is 19.5. The molecule has 1 unspecified atom stereocenters. The van der Waals surface area contributed by atoms with E-state index < -0.39 is 0 Å². The maximum absolute atomic E-state index is 12.6. The highest BCUT2D eigenvalue weighted by Crippen LogP contribution is 2.37. The second kappa shape index (κ2) is 9.07. The number of aromatic nitrogens is 4. The van der Waals surface area contributed by atoms with Crippen molar-refractivity contribution in [1.82, 2.24) is 30.6 Å². The van der Waals surface area contributed by atoms with Crippen LogP contribution in [-0.4, -0.2) is 51.1 Å². The van der Waals surface area contributed by atoms with Crippen molar-refractivity contribution < 1.29 is 4.79 Å². The van der Waals surface area contributed by atoms with Crippen LogP contribution in [0.5, 0.6) is 0 Å². The van der Waals surface area contributed by atoms with Crippen LogP contribution >= 0.6 is 0 Å². The Balaban J connectivity index is 1.29. The van der Waals surface area contributed by atoms with Gasteiger partial charge in [0, 0.05) is 36.9 Å². The Bertz CT molecular complexity index is 1220. The van der Waals surface area contributed by atoms with Gasteiger partial charge in [-0.15, -0.1) is 5.10 Å². The van der Waals surface area contributed by atoms with Crippen LogP contribution in [0.25, 0.3) is 11.1 Å². The zero-order chi connectivity index (χ0) is 24.6. The highest BCUT2D eigenvalue weighted by molar-refractivity contribution is 5.91. The standard InChI is InChI=1S/C27H35N7O/c1-19-14-20(6-7-21(19)15-29-25(35)23-17-34(32-31-23)26(2,3)4)22-8-12-28-16-24(22)33-13-10-27(18-33)9-5-11-30-27/h6-8,12,14,16-17,30H,5,9-11,13,15,18H2,1-4H3,(H,29,35). The second-order valence-corrected chi connectivity index (χ2v) is 10.9. The van der Waals surface area contributed by atoms with Gasteiger partial charge < -0.3 is 15.5 Å². The van der Waals surface area contributed by atoms with Gasteiger partial charge in [0.05, 0.1) is 23.6 Å². The average molecular weight is 474 g/mol. The van der Waals surface area contributed by atoms with E-state index in [1.807, 2.05) is 33.2 Å². The number of anilines is 1. The minimum Gasteiger partial charge on any atom is -0.368 e. The SMILES string of the molecule is Cc1cc(-c2ccncc2N2CCC3(CCCN3)C2)ccc1CNC(=O)c1cn(C(C)(C)C)nn1. The van der Waals surface area contributed by atoms with E-state index in [1.54, 1.807) is 10.9 Å². The topological polar surface area (TPSA) is 88.0 Å². The monoisotopic (exact) mass is 473 g/mol. The Morgan fingerprint density at radius 1 is 1.23 bits per heavy atom. The third-order valence-corrected chi connectivity index (χ3v) is 7.33. The third kappa shape index (κ3) is 4.80. The van der Waals surface area contributed by atoms with Crippen LogP contribution in [0.4, 0.5) is 5.69 Å². The first kappa shape index (κ1) is 23.5. The van der Waals surface area contributed by atoms with Crippen LogP contribution < -0.4 is 15.5 Å². The summed E-state index contributed by atoms with van der Waals surface area (Å²) < 4.78 is 1.71. The molecule has 3 aromatic rings. The molecule has 184 valence electrons. The van der Waals surface area contributed by atoms with Gasteiger partial charge in [-0.3, -0.25) is 9.78 Å². The van der Waals surface area contributed by atoms with Crippen LogP contribution in [-0.2, 0) is 12.1 Å². The number of hydrogen-bond acceptors (Lipinski definition) is 6. The fraction of sp³-hybridized carbons (Fsp3) is 0.481. The number of amides is 1. The molecular formula is C27H35N7O. The summed E-state index contributed by atoms with van der Waals surface area (Å²) in [6.07, 6.45) is 9.26. The zero-order valence-corrected chi connectivity index (χ0v) is 21.1. The lowest BCUT2D eigenvalue weighted by Gasteiger charge is -2.26. The van der Waals surface area contributed by atoms with Crippen molar-refractivity contribution in [1.29, 1.82) is 0 Å². The number of nitrogens with one attached hydrogen (secondary N) is 2. The van der Waals surface area contributed by atoms with Crippen LogP contribution in [0, 0.1) is 6.92 Å². The highest BCUT2D eigenvalue weighted by atomic mass is 16.2. The number of carbonyl (C=O) groups excluding carboxylic acids is 1. The van der Waals surface area contributed by atoms with Crippen LogP contribution in [0.2, 0.25) is 0 Å². The van der Waals surface area contributed by atoms with Gasteiger partial charge in [0.1, 0.15) is 0 Å². The smallest absolute Gasteiger partial charge is 0.273 e. The number of nitrogens with zero attached hydrogens (tertiary/aromatic N) is 5. The number of carbonyl (C=O) groups is 1. The van der Waals surface area contributed by atoms with Crippen molar-refractivity contribution in [2.45, 2.75) is 64.6 Å². The molecule has 2 aromatic heterocycles. The van der Waals surface area contributed by atoms with E-state index in [4.69, 9.17) is 0 Å². The molecule has 8 nitrogen and oxygen atoms in total. The second-order valence-electron chi connectivity index (χ2n) is 10.9. The summed E-state index contributed by atoms with van der Waals surface area (Å²) in [7, 11) is 0. The first-order chi connectivity index (χ1) is 16.7. The van der Waals surface area contributed by atoms with E-state index in [1.165, 1.54) is 36.1 Å². The minimum absolute atomic E-state index is 0.215. The van der Waals surface area contributed by atoms with E-state index >= 15 is 0 Å². The summed E-state index contributed by atoms with van der Waals surface area (Å²) in [5, 5.41) is 14.8. The lowest BCUT2D eigenvalue weighted by molar-refractivity contribution is 0.0945.